The first-order valence-corrected chi connectivity index (χ1v) is 8.02. The SMILES string of the molecule is Cc1cc(CN2CCc3nc(-c4ccc(N)cc4)ncc3C2)no1. The monoisotopic (exact) mass is 321 g/mol. The van der Waals surface area contributed by atoms with Gasteiger partial charge in [0, 0.05) is 55.1 Å². The minimum atomic E-state index is 0.746. The van der Waals surface area contributed by atoms with E-state index in [-0.39, 0.29) is 0 Å². The molecule has 2 N–H and O–H groups in total. The van der Waals surface area contributed by atoms with Crippen molar-refractivity contribution in [2.24, 2.45) is 0 Å². The quantitative estimate of drug-likeness (QED) is 0.747. The molecule has 122 valence electrons. The van der Waals surface area contributed by atoms with Crippen LogP contribution in [0.4, 0.5) is 5.69 Å². The van der Waals surface area contributed by atoms with Crippen LogP contribution >= 0.6 is 0 Å². The first-order chi connectivity index (χ1) is 11.7. The zero-order chi connectivity index (χ0) is 16.5. The summed E-state index contributed by atoms with van der Waals surface area (Å²) in [5.41, 5.74) is 10.8. The number of nitrogens with two attached hydrogens (primary N) is 1. The fourth-order valence-corrected chi connectivity index (χ4v) is 3.00. The molecule has 6 nitrogen and oxygen atoms in total. The number of hydrogen-bond acceptors (Lipinski definition) is 6. The molecule has 4 rings (SSSR count). The fourth-order valence-electron chi connectivity index (χ4n) is 3.00. The Balaban J connectivity index is 1.52. The van der Waals surface area contributed by atoms with Gasteiger partial charge in [-0.25, -0.2) is 9.97 Å². The van der Waals surface area contributed by atoms with Crippen molar-refractivity contribution in [3.63, 3.8) is 0 Å². The molecular formula is C18H19N5O. The van der Waals surface area contributed by atoms with Crippen molar-refractivity contribution < 1.29 is 4.52 Å². The van der Waals surface area contributed by atoms with Gasteiger partial charge >= 0.3 is 0 Å². The summed E-state index contributed by atoms with van der Waals surface area (Å²) in [6.07, 6.45) is 2.85. The largest absolute Gasteiger partial charge is 0.399 e. The molecule has 0 unspecified atom stereocenters. The minimum Gasteiger partial charge on any atom is -0.399 e. The molecule has 1 aromatic carbocycles. The summed E-state index contributed by atoms with van der Waals surface area (Å²) in [5, 5.41) is 4.07. The van der Waals surface area contributed by atoms with Crippen LogP contribution in [0.15, 0.2) is 41.1 Å². The van der Waals surface area contributed by atoms with Crippen LogP contribution in [0.2, 0.25) is 0 Å². The molecule has 3 heterocycles. The van der Waals surface area contributed by atoms with Gasteiger partial charge in [0.25, 0.3) is 0 Å². The van der Waals surface area contributed by atoms with Crippen molar-refractivity contribution in [2.75, 3.05) is 12.3 Å². The second-order valence-corrected chi connectivity index (χ2v) is 6.18. The molecule has 2 aromatic heterocycles. The Hall–Kier alpha value is -2.73. The van der Waals surface area contributed by atoms with E-state index in [1.54, 1.807) is 0 Å². The highest BCUT2D eigenvalue weighted by Gasteiger charge is 2.19. The van der Waals surface area contributed by atoms with Crippen LogP contribution in [0.5, 0.6) is 0 Å². The van der Waals surface area contributed by atoms with Gasteiger partial charge in [-0.15, -0.1) is 0 Å². The number of rotatable bonds is 3. The summed E-state index contributed by atoms with van der Waals surface area (Å²) < 4.78 is 5.14. The van der Waals surface area contributed by atoms with Crippen LogP contribution in [-0.2, 0) is 19.5 Å². The van der Waals surface area contributed by atoms with Crippen molar-refractivity contribution >= 4 is 5.69 Å². The Morgan fingerprint density at radius 1 is 1.25 bits per heavy atom. The Morgan fingerprint density at radius 3 is 2.83 bits per heavy atom. The highest BCUT2D eigenvalue weighted by Crippen LogP contribution is 2.22. The molecule has 3 aromatic rings. The topological polar surface area (TPSA) is 81.1 Å². The highest BCUT2D eigenvalue weighted by atomic mass is 16.5. The van der Waals surface area contributed by atoms with Crippen molar-refractivity contribution in [3.8, 4) is 11.4 Å². The number of benzene rings is 1. The molecule has 1 aliphatic rings. The van der Waals surface area contributed by atoms with Crippen LogP contribution in [0, 0.1) is 6.92 Å². The Bertz CT molecular complexity index is 856. The summed E-state index contributed by atoms with van der Waals surface area (Å²) in [6, 6.07) is 9.65. The summed E-state index contributed by atoms with van der Waals surface area (Å²) >= 11 is 0. The lowest BCUT2D eigenvalue weighted by Gasteiger charge is -2.27. The maximum atomic E-state index is 5.74. The van der Waals surface area contributed by atoms with Crippen molar-refractivity contribution in [2.45, 2.75) is 26.4 Å². The van der Waals surface area contributed by atoms with Gasteiger partial charge in [0.15, 0.2) is 5.82 Å². The second kappa shape index (κ2) is 6.05. The van der Waals surface area contributed by atoms with Crippen molar-refractivity contribution in [1.29, 1.82) is 0 Å². The Kier molecular flexibility index (Phi) is 3.74. The molecule has 0 bridgehead atoms. The lowest BCUT2D eigenvalue weighted by molar-refractivity contribution is 0.235. The number of hydrogen-bond donors (Lipinski definition) is 1. The third kappa shape index (κ3) is 3.00. The number of aromatic nitrogens is 3. The van der Waals surface area contributed by atoms with Gasteiger partial charge in [-0.2, -0.15) is 0 Å². The maximum Gasteiger partial charge on any atom is 0.159 e. The molecule has 0 saturated heterocycles. The van der Waals surface area contributed by atoms with Gasteiger partial charge in [0.1, 0.15) is 5.76 Å². The second-order valence-electron chi connectivity index (χ2n) is 6.18. The van der Waals surface area contributed by atoms with Gasteiger partial charge in [-0.05, 0) is 31.2 Å². The molecule has 0 atom stereocenters. The lowest BCUT2D eigenvalue weighted by Crippen LogP contribution is -2.31. The van der Waals surface area contributed by atoms with Crippen LogP contribution in [-0.4, -0.2) is 26.6 Å². The molecular weight excluding hydrogens is 302 g/mol. The maximum absolute atomic E-state index is 5.74. The molecule has 0 fully saturated rings. The zero-order valence-electron chi connectivity index (χ0n) is 13.6. The molecule has 24 heavy (non-hydrogen) atoms. The fraction of sp³-hybridized carbons (Fsp3) is 0.278. The van der Waals surface area contributed by atoms with E-state index >= 15 is 0 Å². The van der Waals surface area contributed by atoms with E-state index in [0.29, 0.717) is 0 Å². The first-order valence-electron chi connectivity index (χ1n) is 8.02. The average Bonchev–Trinajstić information content (AvgIpc) is 3.00. The predicted molar refractivity (Wildman–Crippen MR) is 90.9 cm³/mol. The molecule has 6 heteroatoms. The Labute approximate surface area is 140 Å². The van der Waals surface area contributed by atoms with Crippen LogP contribution in [0.3, 0.4) is 0 Å². The molecule has 0 aliphatic carbocycles. The van der Waals surface area contributed by atoms with E-state index in [1.807, 2.05) is 43.5 Å². The summed E-state index contributed by atoms with van der Waals surface area (Å²) in [4.78, 5) is 11.6. The van der Waals surface area contributed by atoms with Crippen LogP contribution < -0.4 is 5.73 Å². The van der Waals surface area contributed by atoms with Gasteiger partial charge in [-0.3, -0.25) is 4.90 Å². The molecule has 0 radical (unpaired) electrons. The number of anilines is 1. The number of nitrogens with zero attached hydrogens (tertiary/aromatic N) is 4. The molecule has 0 saturated carbocycles. The Morgan fingerprint density at radius 2 is 2.08 bits per heavy atom. The zero-order valence-corrected chi connectivity index (χ0v) is 13.6. The van der Waals surface area contributed by atoms with Gasteiger partial charge in [0.2, 0.25) is 0 Å². The van der Waals surface area contributed by atoms with Gasteiger partial charge in [-0.1, -0.05) is 5.16 Å². The third-order valence-corrected chi connectivity index (χ3v) is 4.24. The van der Waals surface area contributed by atoms with Gasteiger partial charge < -0.3 is 10.3 Å². The highest BCUT2D eigenvalue weighted by molar-refractivity contribution is 5.58. The van der Waals surface area contributed by atoms with E-state index in [2.05, 4.69) is 15.0 Å². The normalized spacial score (nSPS) is 14.5. The van der Waals surface area contributed by atoms with Crippen molar-refractivity contribution in [3.05, 3.63) is 59.2 Å². The number of nitrogen functional groups attached to an aromatic ring is 1. The van der Waals surface area contributed by atoms with E-state index in [9.17, 15) is 0 Å². The average molecular weight is 321 g/mol. The van der Waals surface area contributed by atoms with Gasteiger partial charge in [0.05, 0.1) is 11.4 Å². The predicted octanol–water partition coefficient (Wildman–Crippen LogP) is 2.58. The smallest absolute Gasteiger partial charge is 0.159 e. The van der Waals surface area contributed by atoms with E-state index in [0.717, 1.165) is 60.3 Å². The first kappa shape index (κ1) is 14.8. The number of aryl methyl sites for hydroxylation is 1. The molecule has 1 aliphatic heterocycles. The van der Waals surface area contributed by atoms with E-state index in [1.165, 1.54) is 5.56 Å². The van der Waals surface area contributed by atoms with E-state index in [4.69, 9.17) is 15.2 Å². The standard InChI is InChI=1S/C18H19N5O/c1-12-8-16(22-24-12)11-23-7-6-17-14(10-23)9-20-18(21-17)13-2-4-15(19)5-3-13/h2-5,8-9H,6-7,10-11,19H2,1H3. The summed E-state index contributed by atoms with van der Waals surface area (Å²) in [5.74, 6) is 1.60. The number of fused-ring (bicyclic) bond motifs is 1. The van der Waals surface area contributed by atoms with Crippen molar-refractivity contribution in [1.82, 2.24) is 20.0 Å². The van der Waals surface area contributed by atoms with Crippen LogP contribution in [0.1, 0.15) is 22.7 Å². The summed E-state index contributed by atoms with van der Waals surface area (Å²) in [6.45, 7) is 4.49. The lowest BCUT2D eigenvalue weighted by atomic mass is 10.1. The van der Waals surface area contributed by atoms with Crippen LogP contribution in [0.25, 0.3) is 11.4 Å². The van der Waals surface area contributed by atoms with E-state index < -0.39 is 0 Å². The minimum absolute atomic E-state index is 0.746. The molecule has 0 spiro atoms. The third-order valence-electron chi connectivity index (χ3n) is 4.24. The molecule has 0 amide bonds. The summed E-state index contributed by atoms with van der Waals surface area (Å²) in [7, 11) is 0.